The molecule has 6 N–H and O–H groups in total. The Morgan fingerprint density at radius 1 is 0.275 bits per heavy atom. The van der Waals surface area contributed by atoms with Gasteiger partial charge >= 0.3 is 0 Å². The number of rotatable bonds is 8. The lowest BCUT2D eigenvalue weighted by molar-refractivity contribution is 0.478. The largest absolute Gasteiger partial charge is 0.349 e. The SMILES string of the molecule is O=S(=O)(O)c1cc(F)c(-c2c3nc(c(-c4c(F)cc(S(=O)(=O)O)cc4F)c4[nH]c(c(F)c4F)c(-c4c(F)cc(S(=O)(=O)O)cc4F)c4nc(c(-c5c(F)cc(S(=O)(=O)O)cc5F)c5[nH]c2c(F)c5F)C(F)=C4F)C(F)=C3F)c(F)c1. The maximum atomic E-state index is 16.9. The summed E-state index contributed by atoms with van der Waals surface area (Å²) in [5.41, 5.74) is -35.3. The summed E-state index contributed by atoms with van der Waals surface area (Å²) in [6.07, 6.45) is 0. The highest BCUT2D eigenvalue weighted by Crippen LogP contribution is 2.50. The minimum absolute atomic E-state index is 0.365. The van der Waals surface area contributed by atoms with Crippen LogP contribution in [0.15, 0.2) is 68.1 Å². The molecule has 0 aliphatic carbocycles. The molecule has 2 aliphatic heterocycles. The van der Waals surface area contributed by atoms with Crippen molar-refractivity contribution in [2.45, 2.75) is 19.6 Å². The molecule has 4 aromatic carbocycles. The molecule has 0 saturated carbocycles. The van der Waals surface area contributed by atoms with Crippen LogP contribution in [0.5, 0.6) is 0 Å². The standard InChI is InChI=1S/C44H14F16N4O12S4/c45-13-1-9(77(65,66)67)2-14(46)21(13)25-37-29(53)31(55)39(61-37)26(22-15(47)3-10(4-16(22)48)78(68,69)70)41-33(57)35(59)43(63-41)28(24-19(51)7-12(8-20(24)52)80(74,75)76)44-36(60)34(58)42(64-44)27(40-32(56)30(54)38(25)62-40)23-17(49)5-11(6-18(23)50)79(71,72)73/h1-8,61,64H,(H,65,66,67)(H,68,69,70)(H,71,72,73)(H,74,75,76). The first-order valence-electron chi connectivity index (χ1n) is 20.4. The summed E-state index contributed by atoms with van der Waals surface area (Å²) in [5.74, 6) is -42.5. The average molecular weight is 1220 g/mol. The lowest BCUT2D eigenvalue weighted by Crippen LogP contribution is -2.04. The van der Waals surface area contributed by atoms with Gasteiger partial charge in [0.05, 0.1) is 63.9 Å². The molecular formula is C44H14F16N4O12S4. The molecule has 0 atom stereocenters. The molecule has 7 aromatic rings. The lowest BCUT2D eigenvalue weighted by Gasteiger charge is -2.11. The molecule has 0 amide bonds. The zero-order valence-corrected chi connectivity index (χ0v) is 40.5. The van der Waals surface area contributed by atoms with E-state index in [1.54, 1.807) is 0 Å². The summed E-state index contributed by atoms with van der Waals surface area (Å²) in [5, 5.41) is 0. The van der Waals surface area contributed by atoms with Gasteiger partial charge in [-0.1, -0.05) is 0 Å². The number of hydrogen-bond donors (Lipinski definition) is 6. The van der Waals surface area contributed by atoms with E-state index in [0.29, 0.717) is 0 Å². The number of hydrogen-bond acceptors (Lipinski definition) is 10. The second-order valence-electron chi connectivity index (χ2n) is 16.3. The van der Waals surface area contributed by atoms with Crippen LogP contribution in [0.25, 0.3) is 89.9 Å². The van der Waals surface area contributed by atoms with E-state index in [2.05, 4.69) is 9.97 Å². The van der Waals surface area contributed by atoms with Crippen molar-refractivity contribution in [2.24, 2.45) is 0 Å². The maximum Gasteiger partial charge on any atom is 0.294 e. The topological polar surface area (TPSA) is 275 Å². The molecule has 0 fully saturated rings. The van der Waals surface area contributed by atoms with Crippen LogP contribution >= 0.6 is 0 Å². The van der Waals surface area contributed by atoms with Gasteiger partial charge in [-0.3, -0.25) is 18.2 Å². The van der Waals surface area contributed by atoms with Gasteiger partial charge in [-0.25, -0.2) is 80.2 Å². The summed E-state index contributed by atoms with van der Waals surface area (Å²) in [6, 6.07) is -2.92. The number of benzene rings is 4. The van der Waals surface area contributed by atoms with E-state index < -0.39 is 243 Å². The van der Waals surface area contributed by atoms with Crippen molar-refractivity contribution in [1.29, 1.82) is 0 Å². The van der Waals surface area contributed by atoms with Crippen LogP contribution in [-0.4, -0.2) is 71.8 Å². The third-order valence-electron chi connectivity index (χ3n) is 11.6. The van der Waals surface area contributed by atoms with Gasteiger partial charge in [0.2, 0.25) is 0 Å². The van der Waals surface area contributed by atoms with Crippen LogP contribution in [0.3, 0.4) is 0 Å². The van der Waals surface area contributed by atoms with E-state index >= 15 is 70.2 Å². The van der Waals surface area contributed by atoms with Crippen molar-refractivity contribution in [3.05, 3.63) is 141 Å². The molecule has 5 heterocycles. The fourth-order valence-electron chi connectivity index (χ4n) is 8.29. The van der Waals surface area contributed by atoms with Gasteiger partial charge in [-0.15, -0.1) is 0 Å². The van der Waals surface area contributed by atoms with Crippen molar-refractivity contribution in [2.75, 3.05) is 0 Å². The van der Waals surface area contributed by atoms with Gasteiger partial charge in [0.25, 0.3) is 40.5 Å². The number of nitrogens with zero attached hydrogens (tertiary/aromatic N) is 2. The quantitative estimate of drug-likeness (QED) is 0.0610. The molecule has 418 valence electrons. The van der Waals surface area contributed by atoms with Crippen LogP contribution in [0.4, 0.5) is 70.2 Å². The smallest absolute Gasteiger partial charge is 0.294 e. The first kappa shape index (κ1) is 56.7. The van der Waals surface area contributed by atoms with E-state index in [9.17, 15) is 51.9 Å². The van der Waals surface area contributed by atoms with Crippen LogP contribution in [-0.2, 0) is 40.5 Å². The van der Waals surface area contributed by atoms with E-state index in [1.165, 1.54) is 9.97 Å². The molecule has 16 nitrogen and oxygen atoms in total. The predicted molar refractivity (Wildman–Crippen MR) is 240 cm³/mol. The fraction of sp³-hybridized carbons (Fsp3) is 0. The Labute approximate surface area is 431 Å². The predicted octanol–water partition coefficient (Wildman–Crippen LogP) is 11.2. The van der Waals surface area contributed by atoms with E-state index in [-0.39, 0.29) is 48.5 Å². The third-order valence-corrected chi connectivity index (χ3v) is 15.0. The number of fused-ring (bicyclic) bond motifs is 8. The van der Waals surface area contributed by atoms with Crippen LogP contribution in [0.2, 0.25) is 0 Å². The number of nitrogens with one attached hydrogen (secondary N) is 2. The van der Waals surface area contributed by atoms with Gasteiger partial charge in [0, 0.05) is 22.3 Å². The molecule has 0 unspecified atom stereocenters. The molecule has 0 saturated heterocycles. The van der Waals surface area contributed by atoms with Gasteiger partial charge in [-0.2, -0.15) is 33.7 Å². The van der Waals surface area contributed by atoms with Crippen molar-refractivity contribution in [3.8, 4) is 44.5 Å². The summed E-state index contributed by atoms with van der Waals surface area (Å²) in [4.78, 5) is 2.53. The van der Waals surface area contributed by atoms with Crippen LogP contribution < -0.4 is 0 Å². The third kappa shape index (κ3) is 9.04. The minimum Gasteiger partial charge on any atom is -0.349 e. The minimum atomic E-state index is -5.72. The number of halogens is 16. The summed E-state index contributed by atoms with van der Waals surface area (Å²) >= 11 is 0. The fourth-order valence-corrected chi connectivity index (χ4v) is 10.3. The number of H-pyrrole nitrogens is 2. The van der Waals surface area contributed by atoms with Gasteiger partial charge in [0.15, 0.2) is 46.6 Å². The summed E-state index contributed by atoms with van der Waals surface area (Å²) < 4.78 is 400. The zero-order chi connectivity index (χ0) is 59.3. The van der Waals surface area contributed by atoms with Gasteiger partial charge in [0.1, 0.15) is 69.3 Å². The Kier molecular flexibility index (Phi) is 13.3. The van der Waals surface area contributed by atoms with Gasteiger partial charge < -0.3 is 9.97 Å². The van der Waals surface area contributed by atoms with Crippen molar-refractivity contribution >= 4 is 85.8 Å². The Morgan fingerprint density at radius 2 is 0.425 bits per heavy atom. The first-order chi connectivity index (χ1) is 36.9. The Hall–Kier alpha value is -8.00. The van der Waals surface area contributed by atoms with Crippen molar-refractivity contribution < 1.29 is 122 Å². The summed E-state index contributed by atoms with van der Waals surface area (Å²) in [7, 11) is -22.9. The molecule has 0 spiro atoms. The van der Waals surface area contributed by atoms with E-state index in [4.69, 9.17) is 0 Å². The molecule has 0 radical (unpaired) electrons. The second kappa shape index (κ2) is 18.8. The van der Waals surface area contributed by atoms with Crippen molar-refractivity contribution in [1.82, 2.24) is 19.9 Å². The van der Waals surface area contributed by atoms with E-state index in [0.717, 1.165) is 0 Å². The van der Waals surface area contributed by atoms with Gasteiger partial charge in [-0.05, 0) is 48.5 Å². The number of aromatic amines is 2. The summed E-state index contributed by atoms with van der Waals surface area (Å²) in [6.45, 7) is 0. The molecule has 2 aliphatic rings. The maximum absolute atomic E-state index is 16.9. The molecule has 8 bridgehead atoms. The average Bonchev–Trinajstić information content (AvgIpc) is 3.99. The molecule has 3 aromatic heterocycles. The number of aromatic nitrogens is 4. The highest BCUT2D eigenvalue weighted by atomic mass is 32.2. The molecule has 80 heavy (non-hydrogen) atoms. The van der Waals surface area contributed by atoms with Crippen LogP contribution in [0, 0.1) is 69.8 Å². The highest BCUT2D eigenvalue weighted by molar-refractivity contribution is 7.86. The zero-order valence-electron chi connectivity index (χ0n) is 37.2. The Balaban J connectivity index is 1.69. The second-order valence-corrected chi connectivity index (χ2v) is 22.0. The monoisotopic (exact) mass is 1220 g/mol. The van der Waals surface area contributed by atoms with E-state index in [1.807, 2.05) is 0 Å². The molecule has 36 heteroatoms. The lowest BCUT2D eigenvalue weighted by atomic mass is 10.0. The molecular weight excluding hydrogens is 1210 g/mol. The highest BCUT2D eigenvalue weighted by Gasteiger charge is 2.39. The first-order valence-corrected chi connectivity index (χ1v) is 26.2. The molecule has 9 rings (SSSR count). The van der Waals surface area contributed by atoms with Crippen molar-refractivity contribution in [3.63, 3.8) is 0 Å². The Morgan fingerprint density at radius 3 is 0.562 bits per heavy atom. The normalized spacial score (nSPS) is 13.6. The Bertz CT molecular complexity index is 4120. The van der Waals surface area contributed by atoms with Crippen LogP contribution in [0.1, 0.15) is 22.8 Å².